The second-order valence-corrected chi connectivity index (χ2v) is 12.7. The number of hydrogen-bond acceptors (Lipinski definition) is 3. The number of furan rings is 1. The molecule has 4 aromatic carbocycles. The Labute approximate surface area is 225 Å². The van der Waals surface area contributed by atoms with E-state index in [1.54, 1.807) is 6.26 Å². The average Bonchev–Trinajstić information content (AvgIpc) is 3.36. The van der Waals surface area contributed by atoms with Crippen LogP contribution in [0, 0.1) is 0 Å². The molecule has 0 saturated carbocycles. The molecule has 38 heavy (non-hydrogen) atoms. The highest BCUT2D eigenvalue weighted by atomic mass is 16.4. The summed E-state index contributed by atoms with van der Waals surface area (Å²) in [6.45, 7) is 13.4. The van der Waals surface area contributed by atoms with Crippen molar-refractivity contribution in [1.82, 2.24) is 0 Å². The second-order valence-electron chi connectivity index (χ2n) is 12.7. The van der Waals surface area contributed by atoms with Crippen molar-refractivity contribution in [2.75, 3.05) is 4.90 Å². The maximum Gasteiger partial charge on any atom is 0.431 e. The Morgan fingerprint density at radius 1 is 0.711 bits per heavy atom. The summed E-state index contributed by atoms with van der Waals surface area (Å²) in [4.78, 5) is 2.39. The molecule has 4 heteroatoms. The highest BCUT2D eigenvalue weighted by molar-refractivity contribution is 6.86. The minimum absolute atomic E-state index is 0.0262. The molecule has 188 valence electrons. The molecule has 0 atom stereocenters. The molecule has 0 N–H and O–H groups in total. The molecule has 2 aliphatic heterocycles. The second kappa shape index (κ2) is 7.80. The third kappa shape index (κ3) is 3.36. The van der Waals surface area contributed by atoms with Crippen LogP contribution < -0.4 is 20.5 Å². The molecule has 0 radical (unpaired) electrons. The van der Waals surface area contributed by atoms with Crippen molar-refractivity contribution in [3.63, 3.8) is 0 Å². The summed E-state index contributed by atoms with van der Waals surface area (Å²) < 4.78 is 12.9. The number of nitrogens with zero attached hydrogens (tertiary/aromatic N) is 1. The van der Waals surface area contributed by atoms with E-state index in [-0.39, 0.29) is 17.7 Å². The number of para-hydroxylation sites is 1. The van der Waals surface area contributed by atoms with Crippen molar-refractivity contribution >= 4 is 45.9 Å². The van der Waals surface area contributed by atoms with Gasteiger partial charge in [0.15, 0.2) is 0 Å². The van der Waals surface area contributed by atoms with E-state index in [1.165, 1.54) is 27.6 Å². The first kappa shape index (κ1) is 23.2. The van der Waals surface area contributed by atoms with Gasteiger partial charge in [-0.25, -0.2) is 0 Å². The van der Waals surface area contributed by atoms with Gasteiger partial charge < -0.3 is 14.0 Å². The zero-order valence-corrected chi connectivity index (χ0v) is 22.9. The number of benzene rings is 4. The largest absolute Gasteiger partial charge is 0.551 e. The summed E-state index contributed by atoms with van der Waals surface area (Å²) in [5.74, 6) is 0.916. The van der Waals surface area contributed by atoms with Crippen LogP contribution in [0.1, 0.15) is 52.7 Å². The highest BCUT2D eigenvalue weighted by Crippen LogP contribution is 2.46. The summed E-state index contributed by atoms with van der Waals surface area (Å²) in [5.41, 5.74) is 11.8. The molecule has 2 aliphatic rings. The number of rotatable bonds is 1. The van der Waals surface area contributed by atoms with Gasteiger partial charge >= 0.3 is 6.92 Å². The average molecular weight is 497 g/mol. The van der Waals surface area contributed by atoms with E-state index in [0.29, 0.717) is 0 Å². The molecule has 3 nitrogen and oxygen atoms in total. The van der Waals surface area contributed by atoms with Gasteiger partial charge in [-0.3, -0.25) is 0 Å². The lowest BCUT2D eigenvalue weighted by molar-refractivity contribution is 0.585. The fourth-order valence-electron chi connectivity index (χ4n) is 5.99. The summed E-state index contributed by atoms with van der Waals surface area (Å²) in [7, 11) is 0. The molecule has 0 unspecified atom stereocenters. The number of hydrogen-bond donors (Lipinski definition) is 0. The first-order valence-corrected chi connectivity index (χ1v) is 13.5. The Bertz CT molecular complexity index is 1720. The van der Waals surface area contributed by atoms with Crippen molar-refractivity contribution in [2.24, 2.45) is 0 Å². The van der Waals surface area contributed by atoms with Crippen molar-refractivity contribution in [3.05, 3.63) is 96.3 Å². The van der Waals surface area contributed by atoms with Crippen LogP contribution in [0.15, 0.2) is 89.5 Å². The molecule has 0 spiro atoms. The normalized spacial score (nSPS) is 14.2. The summed E-state index contributed by atoms with van der Waals surface area (Å²) in [6, 6.07) is 28.6. The van der Waals surface area contributed by atoms with Crippen molar-refractivity contribution < 1.29 is 9.07 Å². The van der Waals surface area contributed by atoms with Crippen LogP contribution in [0.4, 0.5) is 17.1 Å². The first-order valence-electron chi connectivity index (χ1n) is 13.5. The van der Waals surface area contributed by atoms with Crippen LogP contribution in [-0.2, 0) is 10.8 Å². The van der Waals surface area contributed by atoms with Gasteiger partial charge in [-0.15, -0.1) is 0 Å². The van der Waals surface area contributed by atoms with E-state index in [4.69, 9.17) is 9.07 Å². The lowest BCUT2D eigenvalue weighted by Crippen LogP contribution is -2.56. The van der Waals surface area contributed by atoms with Gasteiger partial charge in [-0.2, -0.15) is 0 Å². The van der Waals surface area contributed by atoms with Crippen LogP contribution in [-0.4, -0.2) is 6.92 Å². The van der Waals surface area contributed by atoms with Gasteiger partial charge in [0.25, 0.3) is 0 Å². The van der Waals surface area contributed by atoms with E-state index >= 15 is 0 Å². The Hall–Kier alpha value is -3.92. The Balaban J connectivity index is 1.56. The number of fused-ring (bicyclic) bond motifs is 6. The summed E-state index contributed by atoms with van der Waals surface area (Å²) in [5, 5.41) is 1.13. The fourth-order valence-corrected chi connectivity index (χ4v) is 5.99. The standard InChI is InChI=1S/C34H32BNO2/c1-33(2,3)21-11-14-23(15-12-21)36-27-16-13-22(34(4,5)6)19-26(27)35-32-28(36)20-30-25(17-18-37-30)31(32)24-9-7-8-10-29(24)38-35/h7-20H,1-6H3. The summed E-state index contributed by atoms with van der Waals surface area (Å²) >= 11 is 0. The monoisotopic (exact) mass is 497 g/mol. The molecule has 0 saturated heterocycles. The quantitative estimate of drug-likeness (QED) is 0.220. The van der Waals surface area contributed by atoms with E-state index < -0.39 is 0 Å². The van der Waals surface area contributed by atoms with Crippen LogP contribution in [0.3, 0.4) is 0 Å². The topological polar surface area (TPSA) is 25.6 Å². The van der Waals surface area contributed by atoms with Gasteiger partial charge in [-0.1, -0.05) is 84.0 Å². The van der Waals surface area contributed by atoms with Gasteiger partial charge in [0.05, 0.1) is 6.26 Å². The van der Waals surface area contributed by atoms with Gasteiger partial charge in [0.1, 0.15) is 11.3 Å². The molecule has 7 rings (SSSR count). The van der Waals surface area contributed by atoms with Crippen molar-refractivity contribution in [2.45, 2.75) is 52.4 Å². The molecular formula is C34H32BNO2. The molecule has 0 amide bonds. The lowest BCUT2D eigenvalue weighted by Gasteiger charge is -2.40. The Morgan fingerprint density at radius 3 is 2.16 bits per heavy atom. The highest BCUT2D eigenvalue weighted by Gasteiger charge is 2.44. The molecule has 0 aliphatic carbocycles. The predicted molar refractivity (Wildman–Crippen MR) is 159 cm³/mol. The third-order valence-electron chi connectivity index (χ3n) is 8.09. The van der Waals surface area contributed by atoms with Gasteiger partial charge in [0.2, 0.25) is 0 Å². The zero-order valence-electron chi connectivity index (χ0n) is 22.9. The van der Waals surface area contributed by atoms with Crippen LogP contribution >= 0.6 is 0 Å². The SMILES string of the molecule is CC(C)(C)c1ccc(N2c3ccc(C(C)(C)C)cc3B3Oc4ccccc4-c4c3c2cc2occc42)cc1. The molecule has 0 fully saturated rings. The fraction of sp³-hybridized carbons (Fsp3) is 0.235. The van der Waals surface area contributed by atoms with Crippen LogP contribution in [0.5, 0.6) is 5.75 Å². The van der Waals surface area contributed by atoms with Crippen LogP contribution in [0.25, 0.3) is 22.1 Å². The first-order chi connectivity index (χ1) is 18.1. The minimum atomic E-state index is -0.198. The van der Waals surface area contributed by atoms with Crippen LogP contribution in [0.2, 0.25) is 0 Å². The predicted octanol–water partition coefficient (Wildman–Crippen LogP) is 7.98. The maximum atomic E-state index is 6.85. The van der Waals surface area contributed by atoms with Gasteiger partial charge in [-0.05, 0) is 63.3 Å². The van der Waals surface area contributed by atoms with E-state index in [9.17, 15) is 0 Å². The molecule has 5 aromatic rings. The zero-order chi connectivity index (χ0) is 26.4. The summed E-state index contributed by atoms with van der Waals surface area (Å²) in [6.07, 6.45) is 1.80. The number of anilines is 3. The molecule has 3 heterocycles. The maximum absolute atomic E-state index is 6.85. The van der Waals surface area contributed by atoms with Crippen molar-refractivity contribution in [1.29, 1.82) is 0 Å². The lowest BCUT2D eigenvalue weighted by atomic mass is 9.49. The minimum Gasteiger partial charge on any atom is -0.551 e. The molecular weight excluding hydrogens is 465 g/mol. The van der Waals surface area contributed by atoms with E-state index in [0.717, 1.165) is 39.3 Å². The third-order valence-corrected chi connectivity index (χ3v) is 8.09. The van der Waals surface area contributed by atoms with E-state index in [2.05, 4.69) is 125 Å². The van der Waals surface area contributed by atoms with Gasteiger partial charge in [0, 0.05) is 39.5 Å². The smallest absolute Gasteiger partial charge is 0.431 e. The molecule has 0 bridgehead atoms. The Morgan fingerprint density at radius 2 is 1.42 bits per heavy atom. The Kier molecular flexibility index (Phi) is 4.77. The molecule has 1 aromatic heterocycles. The van der Waals surface area contributed by atoms with E-state index in [1.807, 2.05) is 0 Å². The van der Waals surface area contributed by atoms with Crippen molar-refractivity contribution in [3.8, 4) is 16.9 Å².